The zero-order chi connectivity index (χ0) is 11.5. The molecule has 0 saturated heterocycles. The lowest BCUT2D eigenvalue weighted by Crippen LogP contribution is -1.96. The highest BCUT2D eigenvalue weighted by molar-refractivity contribution is 5.57. The number of hydrogen-bond donors (Lipinski definition) is 0. The van der Waals surface area contributed by atoms with Crippen molar-refractivity contribution in [3.8, 4) is 17.1 Å². The Hall–Kier alpha value is -2.49. The smallest absolute Gasteiger partial charge is 0.155 e. The van der Waals surface area contributed by atoms with Crippen molar-refractivity contribution in [1.82, 2.24) is 20.0 Å². The van der Waals surface area contributed by atoms with E-state index in [1.807, 2.05) is 54.7 Å². The van der Waals surface area contributed by atoms with E-state index < -0.39 is 0 Å². The molecule has 4 heteroatoms. The van der Waals surface area contributed by atoms with Crippen LogP contribution in [0.5, 0.6) is 0 Å². The molecule has 2 heterocycles. The molecular formula is C13H10N4. The Morgan fingerprint density at radius 1 is 0.882 bits per heavy atom. The zero-order valence-corrected chi connectivity index (χ0v) is 9.06. The van der Waals surface area contributed by atoms with Crippen LogP contribution in [0.3, 0.4) is 0 Å². The fraction of sp³-hybridized carbons (Fsp3) is 0. The maximum atomic E-state index is 4.22. The van der Waals surface area contributed by atoms with E-state index in [9.17, 15) is 0 Å². The third-order valence-corrected chi connectivity index (χ3v) is 2.45. The second-order valence-electron chi connectivity index (χ2n) is 3.60. The van der Waals surface area contributed by atoms with Crippen LogP contribution >= 0.6 is 0 Å². The number of pyridine rings is 1. The summed E-state index contributed by atoms with van der Waals surface area (Å²) in [4.78, 5) is 4.22. The van der Waals surface area contributed by atoms with E-state index >= 15 is 0 Å². The van der Waals surface area contributed by atoms with E-state index in [0.29, 0.717) is 0 Å². The van der Waals surface area contributed by atoms with Gasteiger partial charge in [-0.15, -0.1) is 5.10 Å². The van der Waals surface area contributed by atoms with Crippen molar-refractivity contribution < 1.29 is 0 Å². The Kier molecular flexibility index (Phi) is 2.38. The monoisotopic (exact) mass is 222 g/mol. The highest BCUT2D eigenvalue weighted by Gasteiger charge is 2.04. The molecule has 0 aliphatic heterocycles. The van der Waals surface area contributed by atoms with E-state index in [1.54, 1.807) is 10.9 Å². The molecular weight excluding hydrogens is 212 g/mol. The van der Waals surface area contributed by atoms with Gasteiger partial charge in [0.05, 0.1) is 6.20 Å². The van der Waals surface area contributed by atoms with E-state index in [0.717, 1.165) is 17.1 Å². The lowest BCUT2D eigenvalue weighted by molar-refractivity contribution is 0.782. The zero-order valence-electron chi connectivity index (χ0n) is 9.06. The molecule has 2 aromatic heterocycles. The van der Waals surface area contributed by atoms with Crippen LogP contribution in [0.2, 0.25) is 0 Å². The molecule has 0 fully saturated rings. The van der Waals surface area contributed by atoms with Crippen LogP contribution in [0.15, 0.2) is 60.9 Å². The number of nitrogens with zero attached hydrogens (tertiary/aromatic N) is 4. The summed E-state index contributed by atoms with van der Waals surface area (Å²) in [6.45, 7) is 0. The van der Waals surface area contributed by atoms with Crippen LogP contribution in [0.25, 0.3) is 17.1 Å². The Morgan fingerprint density at radius 3 is 2.47 bits per heavy atom. The average Bonchev–Trinajstić information content (AvgIpc) is 2.90. The predicted octanol–water partition coefficient (Wildman–Crippen LogP) is 2.33. The van der Waals surface area contributed by atoms with Crippen LogP contribution in [0.4, 0.5) is 0 Å². The van der Waals surface area contributed by atoms with Gasteiger partial charge in [0.2, 0.25) is 0 Å². The quantitative estimate of drug-likeness (QED) is 0.668. The molecule has 0 amide bonds. The van der Waals surface area contributed by atoms with Crippen LogP contribution < -0.4 is 0 Å². The molecule has 0 unspecified atom stereocenters. The number of aromatic nitrogens is 4. The minimum Gasteiger partial charge on any atom is -0.237 e. The van der Waals surface area contributed by atoms with E-state index in [4.69, 9.17) is 0 Å². The lowest BCUT2D eigenvalue weighted by atomic mass is 10.2. The van der Waals surface area contributed by atoms with Gasteiger partial charge in [0, 0.05) is 11.8 Å². The highest BCUT2D eigenvalue weighted by atomic mass is 15.4. The third-order valence-electron chi connectivity index (χ3n) is 2.45. The molecule has 82 valence electrons. The van der Waals surface area contributed by atoms with Gasteiger partial charge in [0.25, 0.3) is 0 Å². The van der Waals surface area contributed by atoms with Crippen molar-refractivity contribution in [1.29, 1.82) is 0 Å². The summed E-state index contributed by atoms with van der Waals surface area (Å²) in [6, 6.07) is 15.6. The van der Waals surface area contributed by atoms with Gasteiger partial charge in [-0.2, -0.15) is 0 Å². The summed E-state index contributed by atoms with van der Waals surface area (Å²) in [5.41, 5.74) is 1.89. The fourth-order valence-electron chi connectivity index (χ4n) is 1.61. The minimum atomic E-state index is 0.766. The van der Waals surface area contributed by atoms with E-state index in [1.165, 1.54) is 0 Å². The van der Waals surface area contributed by atoms with Gasteiger partial charge in [-0.3, -0.25) is 0 Å². The fourth-order valence-corrected chi connectivity index (χ4v) is 1.61. The molecule has 0 spiro atoms. The van der Waals surface area contributed by atoms with Gasteiger partial charge in [-0.1, -0.05) is 41.6 Å². The SMILES string of the molecule is c1ccc(-c2cn(-c3ccccn3)nn2)cc1. The molecule has 0 bridgehead atoms. The maximum absolute atomic E-state index is 4.22. The number of rotatable bonds is 2. The first kappa shape index (κ1) is 9.72. The van der Waals surface area contributed by atoms with Gasteiger partial charge < -0.3 is 0 Å². The van der Waals surface area contributed by atoms with Crippen molar-refractivity contribution in [2.45, 2.75) is 0 Å². The van der Waals surface area contributed by atoms with Gasteiger partial charge in [0.1, 0.15) is 5.69 Å². The summed E-state index contributed by atoms with van der Waals surface area (Å²) in [5, 5.41) is 8.20. The van der Waals surface area contributed by atoms with Crippen LogP contribution in [-0.4, -0.2) is 20.0 Å². The summed E-state index contributed by atoms with van der Waals surface area (Å²) in [5.74, 6) is 0.766. The summed E-state index contributed by atoms with van der Waals surface area (Å²) in [6.07, 6.45) is 3.61. The second-order valence-corrected chi connectivity index (χ2v) is 3.60. The number of hydrogen-bond acceptors (Lipinski definition) is 3. The molecule has 4 nitrogen and oxygen atoms in total. The van der Waals surface area contributed by atoms with Gasteiger partial charge >= 0.3 is 0 Å². The Labute approximate surface area is 98.6 Å². The third kappa shape index (κ3) is 1.92. The Morgan fingerprint density at radius 2 is 1.71 bits per heavy atom. The van der Waals surface area contributed by atoms with Crippen molar-refractivity contribution >= 4 is 0 Å². The van der Waals surface area contributed by atoms with Gasteiger partial charge in [0.15, 0.2) is 5.82 Å². The van der Waals surface area contributed by atoms with Crippen molar-refractivity contribution in [3.63, 3.8) is 0 Å². The summed E-state index contributed by atoms with van der Waals surface area (Å²) in [7, 11) is 0. The van der Waals surface area contributed by atoms with Crippen molar-refractivity contribution in [2.24, 2.45) is 0 Å². The topological polar surface area (TPSA) is 43.6 Å². The van der Waals surface area contributed by atoms with Crippen LogP contribution in [0, 0.1) is 0 Å². The molecule has 0 aliphatic carbocycles. The molecule has 0 atom stereocenters. The van der Waals surface area contributed by atoms with E-state index in [-0.39, 0.29) is 0 Å². The number of benzene rings is 1. The van der Waals surface area contributed by atoms with Crippen LogP contribution in [0.1, 0.15) is 0 Å². The lowest BCUT2D eigenvalue weighted by Gasteiger charge is -1.96. The average molecular weight is 222 g/mol. The molecule has 1 aromatic carbocycles. The highest BCUT2D eigenvalue weighted by Crippen LogP contribution is 2.15. The summed E-state index contributed by atoms with van der Waals surface area (Å²) >= 11 is 0. The standard InChI is InChI=1S/C13H10N4/c1-2-6-11(7-3-1)12-10-17(16-15-12)13-8-4-5-9-14-13/h1-10H. The molecule has 0 radical (unpaired) electrons. The second kappa shape index (κ2) is 4.17. The molecule has 3 aromatic rings. The minimum absolute atomic E-state index is 0.766. The van der Waals surface area contributed by atoms with Crippen LogP contribution in [-0.2, 0) is 0 Å². The first-order chi connectivity index (χ1) is 8.43. The summed E-state index contributed by atoms with van der Waals surface area (Å²) < 4.78 is 1.67. The van der Waals surface area contributed by atoms with Crippen molar-refractivity contribution in [2.75, 3.05) is 0 Å². The predicted molar refractivity (Wildman–Crippen MR) is 64.6 cm³/mol. The molecule has 3 rings (SSSR count). The molecule has 17 heavy (non-hydrogen) atoms. The van der Waals surface area contributed by atoms with Gasteiger partial charge in [-0.05, 0) is 12.1 Å². The maximum Gasteiger partial charge on any atom is 0.155 e. The molecule has 0 aliphatic rings. The first-order valence-corrected chi connectivity index (χ1v) is 5.33. The Balaban J connectivity index is 1.99. The van der Waals surface area contributed by atoms with Crippen molar-refractivity contribution in [3.05, 3.63) is 60.9 Å². The molecule has 0 saturated carbocycles. The largest absolute Gasteiger partial charge is 0.237 e. The van der Waals surface area contributed by atoms with Gasteiger partial charge in [-0.25, -0.2) is 9.67 Å². The first-order valence-electron chi connectivity index (χ1n) is 5.33. The Bertz CT molecular complexity index is 548. The molecule has 0 N–H and O–H groups in total. The normalized spacial score (nSPS) is 10.4. The van der Waals surface area contributed by atoms with E-state index in [2.05, 4.69) is 15.3 Å².